The molecule has 0 spiro atoms. The van der Waals surface area contributed by atoms with Crippen molar-refractivity contribution in [3.8, 4) is 33.6 Å². The zero-order chi connectivity index (χ0) is 43.9. The average molecular weight is 857 g/mol. The Balaban J connectivity index is 1.03. The van der Waals surface area contributed by atoms with Crippen molar-refractivity contribution in [2.45, 2.75) is 57.8 Å². The van der Waals surface area contributed by atoms with Gasteiger partial charge in [0.25, 0.3) is 5.91 Å². The van der Waals surface area contributed by atoms with Crippen LogP contribution in [0.3, 0.4) is 0 Å². The van der Waals surface area contributed by atoms with Gasteiger partial charge in [0.05, 0.1) is 50.1 Å². The summed E-state index contributed by atoms with van der Waals surface area (Å²) >= 11 is 4.39. The molecule has 1 fully saturated rings. The van der Waals surface area contributed by atoms with E-state index in [1.165, 1.54) is 14.2 Å². The number of fused-ring (bicyclic) bond motifs is 1. The second kappa shape index (κ2) is 19.4. The number of nitrogens with one attached hydrogen (secondary N) is 4. The summed E-state index contributed by atoms with van der Waals surface area (Å²) in [5, 5.41) is 7.54. The van der Waals surface area contributed by atoms with E-state index >= 15 is 0 Å². The topological polar surface area (TPSA) is 175 Å². The van der Waals surface area contributed by atoms with Gasteiger partial charge in [0.1, 0.15) is 23.7 Å². The van der Waals surface area contributed by atoms with Crippen LogP contribution in [0.1, 0.15) is 69.0 Å². The monoisotopic (exact) mass is 856 g/mol. The van der Waals surface area contributed by atoms with Crippen LogP contribution in [0.15, 0.2) is 103 Å². The molecule has 322 valence electrons. The lowest BCUT2D eigenvalue weighted by molar-refractivity contribution is -0.136. The van der Waals surface area contributed by atoms with Crippen LogP contribution in [0.2, 0.25) is 0 Å². The SMILES string of the molecule is COC(=O)N[C@H](C(=O)N(CCS)[C@H](C)c1ncc(-c2ccc(-c3ccc4cc(-c5cnc([C@@H]6CCCN6C(=O)[C@H](NC(=O)OC)c6ccccc6)[nH]5)ccc4c3)cc2)[nH]1)C(C)C. The van der Waals surface area contributed by atoms with Crippen molar-refractivity contribution in [3.63, 3.8) is 0 Å². The van der Waals surface area contributed by atoms with Crippen LogP contribution in [-0.4, -0.2) is 92.8 Å². The predicted molar refractivity (Wildman–Crippen MR) is 241 cm³/mol. The molecule has 1 aliphatic heterocycles. The highest BCUT2D eigenvalue weighted by Crippen LogP contribution is 2.35. The van der Waals surface area contributed by atoms with E-state index in [2.05, 4.69) is 86.7 Å². The lowest BCUT2D eigenvalue weighted by Crippen LogP contribution is -2.52. The number of nitrogens with zero attached hydrogens (tertiary/aromatic N) is 4. The predicted octanol–water partition coefficient (Wildman–Crippen LogP) is 8.25. The van der Waals surface area contributed by atoms with Gasteiger partial charge in [-0.15, -0.1) is 0 Å². The molecule has 4 N–H and O–H groups in total. The van der Waals surface area contributed by atoms with Crippen LogP contribution in [0, 0.1) is 5.92 Å². The van der Waals surface area contributed by atoms with Crippen LogP contribution >= 0.6 is 12.6 Å². The normalized spacial score (nSPS) is 15.2. The Morgan fingerprint density at radius 2 is 1.40 bits per heavy atom. The summed E-state index contributed by atoms with van der Waals surface area (Å²) in [5.74, 6) is 1.16. The molecule has 2 aromatic heterocycles. The van der Waals surface area contributed by atoms with E-state index in [-0.39, 0.29) is 23.8 Å². The molecule has 0 unspecified atom stereocenters. The number of hydrogen-bond donors (Lipinski definition) is 5. The standard InChI is InChI=1S/C47H52N8O6S/c1-28(2)40(52-46(58)60-4)44(56)54(22-23-62)29(3)42-48-26-37(50-42)31-15-13-30(14-16-31)33-17-18-35-25-36(20-19-34(35)24-33)38-27-49-43(51-38)39-12-9-21-55(39)45(57)41(53-47(59)61-5)32-10-7-6-8-11-32/h6-8,10-11,13-20,24-29,39-41,62H,9,12,21-23H2,1-5H3,(H,48,50)(H,49,51)(H,52,58)(H,53,59)/t29-,39+,40+,41-/m1/s1. The van der Waals surface area contributed by atoms with Gasteiger partial charge < -0.3 is 39.9 Å². The number of thiol groups is 1. The van der Waals surface area contributed by atoms with E-state index in [9.17, 15) is 19.2 Å². The molecule has 62 heavy (non-hydrogen) atoms. The fourth-order valence-electron chi connectivity index (χ4n) is 8.00. The zero-order valence-electron chi connectivity index (χ0n) is 35.4. The molecule has 1 aliphatic rings. The highest BCUT2D eigenvalue weighted by atomic mass is 32.1. The summed E-state index contributed by atoms with van der Waals surface area (Å²) in [7, 11) is 2.55. The number of ether oxygens (including phenoxy) is 2. The van der Waals surface area contributed by atoms with Crippen molar-refractivity contribution >= 4 is 47.4 Å². The Morgan fingerprint density at radius 1 is 0.790 bits per heavy atom. The van der Waals surface area contributed by atoms with Gasteiger partial charge in [0, 0.05) is 24.4 Å². The summed E-state index contributed by atoms with van der Waals surface area (Å²) in [6.45, 7) is 6.57. The first kappa shape index (κ1) is 43.5. The molecule has 0 aliphatic carbocycles. The van der Waals surface area contributed by atoms with E-state index in [1.807, 2.05) is 69.4 Å². The van der Waals surface area contributed by atoms with Gasteiger partial charge in [-0.25, -0.2) is 19.6 Å². The average Bonchev–Trinajstić information content (AvgIpc) is 4.11. The number of aromatic amines is 2. The largest absolute Gasteiger partial charge is 0.453 e. The lowest BCUT2D eigenvalue weighted by Gasteiger charge is -2.32. The number of aromatic nitrogens is 4. The number of carbonyl (C=O) groups excluding carboxylic acids is 4. The Labute approximate surface area is 366 Å². The molecule has 14 nitrogen and oxygen atoms in total. The Kier molecular flexibility index (Phi) is 13.6. The zero-order valence-corrected chi connectivity index (χ0v) is 36.3. The third-order valence-corrected chi connectivity index (χ3v) is 11.6. The molecule has 1 saturated heterocycles. The minimum atomic E-state index is -0.885. The summed E-state index contributed by atoms with van der Waals surface area (Å²) in [5.41, 5.74) is 6.39. The molecule has 0 saturated carbocycles. The quantitative estimate of drug-likeness (QED) is 0.0681. The number of imidazole rings is 2. The highest BCUT2D eigenvalue weighted by Gasteiger charge is 2.37. The maximum absolute atomic E-state index is 13.9. The second-order valence-electron chi connectivity index (χ2n) is 15.7. The molecular weight excluding hydrogens is 805 g/mol. The van der Waals surface area contributed by atoms with Crippen LogP contribution in [0.25, 0.3) is 44.4 Å². The molecule has 4 atom stereocenters. The third kappa shape index (κ3) is 9.47. The molecule has 15 heteroatoms. The number of hydrogen-bond acceptors (Lipinski definition) is 9. The first-order chi connectivity index (χ1) is 30.0. The molecule has 4 aromatic carbocycles. The number of carbonyl (C=O) groups is 4. The van der Waals surface area contributed by atoms with Gasteiger partial charge in [-0.1, -0.05) is 92.7 Å². The van der Waals surface area contributed by atoms with Crippen LogP contribution in [0.4, 0.5) is 9.59 Å². The van der Waals surface area contributed by atoms with Crippen molar-refractivity contribution in [3.05, 3.63) is 121 Å². The second-order valence-corrected chi connectivity index (χ2v) is 16.1. The van der Waals surface area contributed by atoms with E-state index in [1.54, 1.807) is 16.0 Å². The fraction of sp³-hybridized carbons (Fsp3) is 0.319. The number of methoxy groups -OCH3 is 2. The van der Waals surface area contributed by atoms with Crippen LogP contribution in [0.5, 0.6) is 0 Å². The summed E-state index contributed by atoms with van der Waals surface area (Å²) in [6, 6.07) is 27.8. The van der Waals surface area contributed by atoms with Crippen molar-refractivity contribution in [1.29, 1.82) is 0 Å². The van der Waals surface area contributed by atoms with Gasteiger partial charge in [-0.05, 0) is 70.8 Å². The van der Waals surface area contributed by atoms with Gasteiger partial charge in [-0.2, -0.15) is 12.6 Å². The molecule has 0 radical (unpaired) electrons. The first-order valence-electron chi connectivity index (χ1n) is 20.7. The summed E-state index contributed by atoms with van der Waals surface area (Å²) < 4.78 is 9.60. The summed E-state index contributed by atoms with van der Waals surface area (Å²) in [4.78, 5) is 71.6. The minimum absolute atomic E-state index is 0.159. The fourth-order valence-corrected chi connectivity index (χ4v) is 8.22. The van der Waals surface area contributed by atoms with Crippen LogP contribution in [-0.2, 0) is 19.1 Å². The maximum atomic E-state index is 13.9. The van der Waals surface area contributed by atoms with Gasteiger partial charge in [0.15, 0.2) is 0 Å². The van der Waals surface area contributed by atoms with Crippen molar-refractivity contribution < 1.29 is 28.7 Å². The number of rotatable bonds is 14. The van der Waals surface area contributed by atoms with Crippen molar-refractivity contribution in [2.75, 3.05) is 33.1 Å². The van der Waals surface area contributed by atoms with E-state index < -0.39 is 30.3 Å². The number of benzene rings is 4. The molecule has 3 heterocycles. The molecule has 0 bridgehead atoms. The van der Waals surface area contributed by atoms with E-state index in [4.69, 9.17) is 14.5 Å². The molecule has 7 rings (SSSR count). The van der Waals surface area contributed by atoms with Gasteiger partial charge >= 0.3 is 12.2 Å². The maximum Gasteiger partial charge on any atom is 0.407 e. The number of likely N-dealkylation sites (tertiary alicyclic amines) is 1. The molecule has 6 aromatic rings. The smallest absolute Gasteiger partial charge is 0.407 e. The van der Waals surface area contributed by atoms with Gasteiger partial charge in [-0.3, -0.25) is 9.59 Å². The lowest BCUT2D eigenvalue weighted by atomic mass is 9.98. The molecule has 4 amide bonds. The minimum Gasteiger partial charge on any atom is -0.453 e. The highest BCUT2D eigenvalue weighted by molar-refractivity contribution is 7.80. The van der Waals surface area contributed by atoms with E-state index in [0.717, 1.165) is 57.3 Å². The van der Waals surface area contributed by atoms with Crippen LogP contribution < -0.4 is 10.6 Å². The first-order valence-corrected chi connectivity index (χ1v) is 21.3. The van der Waals surface area contributed by atoms with Gasteiger partial charge in [0.2, 0.25) is 5.91 Å². The Hall–Kier alpha value is -6.61. The molecular formula is C47H52N8O6S. The summed E-state index contributed by atoms with van der Waals surface area (Å²) in [6.07, 6.45) is 3.81. The number of alkyl carbamates (subject to hydrolysis) is 2. The number of H-pyrrole nitrogens is 2. The van der Waals surface area contributed by atoms with E-state index in [0.29, 0.717) is 36.1 Å². The Bertz CT molecular complexity index is 2520. The van der Waals surface area contributed by atoms with Crippen molar-refractivity contribution in [2.24, 2.45) is 5.92 Å². The Morgan fingerprint density at radius 3 is 2.08 bits per heavy atom. The number of amides is 4. The van der Waals surface area contributed by atoms with Crippen molar-refractivity contribution in [1.82, 2.24) is 40.4 Å². The third-order valence-electron chi connectivity index (χ3n) is 11.4.